The van der Waals surface area contributed by atoms with Crippen molar-refractivity contribution in [2.45, 2.75) is 20.0 Å². The number of hydrogen-bond acceptors (Lipinski definition) is 3. The Kier molecular flexibility index (Phi) is 5.84. The van der Waals surface area contributed by atoms with E-state index in [1.807, 2.05) is 37.3 Å². The molecule has 0 bridgehead atoms. The Labute approximate surface area is 162 Å². The Morgan fingerprint density at radius 3 is 2.54 bits per heavy atom. The molecule has 1 heterocycles. The summed E-state index contributed by atoms with van der Waals surface area (Å²) in [6, 6.07) is 15.3. The van der Waals surface area contributed by atoms with E-state index in [0.29, 0.717) is 24.3 Å². The number of rotatable bonds is 7. The van der Waals surface area contributed by atoms with Gasteiger partial charge in [-0.2, -0.15) is 5.10 Å². The minimum absolute atomic E-state index is 0.0454. The van der Waals surface area contributed by atoms with Crippen LogP contribution in [0.15, 0.2) is 60.8 Å². The van der Waals surface area contributed by atoms with Crippen LogP contribution < -0.4 is 5.73 Å². The average Bonchev–Trinajstić information content (AvgIpc) is 3.11. The first-order valence-electron chi connectivity index (χ1n) is 8.92. The molecule has 2 aromatic carbocycles. The number of carbonyl (C=O) groups excluding carboxylic acids is 2. The molecule has 0 radical (unpaired) electrons. The van der Waals surface area contributed by atoms with Crippen LogP contribution in [0, 0.1) is 5.82 Å². The molecule has 28 heavy (non-hydrogen) atoms. The van der Waals surface area contributed by atoms with Gasteiger partial charge in [0.2, 0.25) is 5.91 Å². The van der Waals surface area contributed by atoms with Gasteiger partial charge in [0.25, 0.3) is 5.91 Å². The fourth-order valence-corrected chi connectivity index (χ4v) is 2.96. The van der Waals surface area contributed by atoms with Crippen molar-refractivity contribution in [2.24, 2.45) is 5.73 Å². The highest BCUT2D eigenvalue weighted by Gasteiger charge is 2.19. The zero-order valence-electron chi connectivity index (χ0n) is 15.5. The minimum atomic E-state index is -0.607. The maximum absolute atomic E-state index is 13.4. The number of carbonyl (C=O) groups is 2. The lowest BCUT2D eigenvalue weighted by atomic mass is 10.1. The smallest absolute Gasteiger partial charge is 0.252 e. The summed E-state index contributed by atoms with van der Waals surface area (Å²) < 4.78 is 14.8. The predicted molar refractivity (Wildman–Crippen MR) is 104 cm³/mol. The van der Waals surface area contributed by atoms with Crippen molar-refractivity contribution in [2.75, 3.05) is 6.54 Å². The van der Waals surface area contributed by atoms with Gasteiger partial charge in [-0.1, -0.05) is 42.5 Å². The predicted octanol–water partition coefficient (Wildman–Crippen LogP) is 2.84. The van der Waals surface area contributed by atoms with E-state index in [-0.39, 0.29) is 23.8 Å². The van der Waals surface area contributed by atoms with Crippen molar-refractivity contribution in [1.29, 1.82) is 0 Å². The summed E-state index contributed by atoms with van der Waals surface area (Å²) >= 11 is 0. The fourth-order valence-electron chi connectivity index (χ4n) is 2.96. The van der Waals surface area contributed by atoms with Gasteiger partial charge in [0.05, 0.1) is 5.56 Å². The number of hydrogen-bond donors (Lipinski definition) is 1. The van der Waals surface area contributed by atoms with E-state index in [1.165, 1.54) is 23.0 Å². The molecule has 1 aromatic heterocycles. The lowest BCUT2D eigenvalue weighted by molar-refractivity contribution is -0.132. The van der Waals surface area contributed by atoms with Crippen molar-refractivity contribution in [1.82, 2.24) is 14.7 Å². The third-order valence-electron chi connectivity index (χ3n) is 4.37. The second-order valence-electron chi connectivity index (χ2n) is 6.36. The monoisotopic (exact) mass is 380 g/mol. The van der Waals surface area contributed by atoms with Crippen LogP contribution in [0.2, 0.25) is 0 Å². The summed E-state index contributed by atoms with van der Waals surface area (Å²) in [5.41, 5.74) is 7.62. The van der Waals surface area contributed by atoms with Gasteiger partial charge < -0.3 is 10.6 Å². The van der Waals surface area contributed by atoms with Crippen molar-refractivity contribution in [3.8, 4) is 11.3 Å². The van der Waals surface area contributed by atoms with Gasteiger partial charge in [0, 0.05) is 24.8 Å². The van der Waals surface area contributed by atoms with Crippen LogP contribution in [0.4, 0.5) is 4.39 Å². The molecular weight excluding hydrogens is 359 g/mol. The molecule has 0 atom stereocenters. The van der Waals surface area contributed by atoms with Crippen LogP contribution in [0.25, 0.3) is 11.3 Å². The zero-order valence-corrected chi connectivity index (χ0v) is 15.5. The van der Waals surface area contributed by atoms with E-state index in [0.717, 1.165) is 5.56 Å². The number of aromatic nitrogens is 2. The fraction of sp³-hybridized carbons (Fsp3) is 0.190. The molecule has 0 saturated heterocycles. The summed E-state index contributed by atoms with van der Waals surface area (Å²) in [5.74, 6) is -1.14. The van der Waals surface area contributed by atoms with Gasteiger partial charge in [-0.05, 0) is 24.6 Å². The van der Waals surface area contributed by atoms with Crippen LogP contribution in [0.1, 0.15) is 22.8 Å². The van der Waals surface area contributed by atoms with E-state index in [1.54, 1.807) is 17.0 Å². The molecule has 0 fully saturated rings. The molecule has 6 nitrogen and oxygen atoms in total. The average molecular weight is 380 g/mol. The Morgan fingerprint density at radius 2 is 1.89 bits per heavy atom. The molecule has 2 amide bonds. The molecule has 144 valence electrons. The van der Waals surface area contributed by atoms with E-state index in [9.17, 15) is 14.0 Å². The van der Waals surface area contributed by atoms with Crippen LogP contribution in [0.3, 0.4) is 0 Å². The van der Waals surface area contributed by atoms with Crippen molar-refractivity contribution in [3.05, 3.63) is 77.7 Å². The van der Waals surface area contributed by atoms with Crippen molar-refractivity contribution >= 4 is 11.8 Å². The van der Waals surface area contributed by atoms with Gasteiger partial charge in [-0.15, -0.1) is 0 Å². The van der Waals surface area contributed by atoms with Crippen LogP contribution in [-0.2, 0) is 17.9 Å². The summed E-state index contributed by atoms with van der Waals surface area (Å²) in [6.07, 6.45) is 1.48. The molecule has 7 heteroatoms. The summed E-state index contributed by atoms with van der Waals surface area (Å²) in [6.45, 7) is 2.56. The second-order valence-corrected chi connectivity index (χ2v) is 6.36. The molecule has 0 aliphatic carbocycles. The Morgan fingerprint density at radius 1 is 1.14 bits per heavy atom. The lowest BCUT2D eigenvalue weighted by Gasteiger charge is -2.21. The quantitative estimate of drug-likeness (QED) is 0.684. The van der Waals surface area contributed by atoms with E-state index in [4.69, 9.17) is 5.73 Å². The van der Waals surface area contributed by atoms with Crippen LogP contribution in [0.5, 0.6) is 0 Å². The van der Waals surface area contributed by atoms with E-state index >= 15 is 0 Å². The van der Waals surface area contributed by atoms with Gasteiger partial charge in [-0.25, -0.2) is 4.39 Å². The number of halogens is 1. The standard InChI is InChI=1S/C21H21FN4O2/c1-2-25(12-15-7-6-10-17(22)11-15)19(27)14-26-13-18(21(23)28)20(24-26)16-8-4-3-5-9-16/h3-11,13H,2,12,14H2,1H3,(H2,23,28). The van der Waals surface area contributed by atoms with Gasteiger partial charge in [0.1, 0.15) is 18.1 Å². The Balaban J connectivity index is 1.80. The van der Waals surface area contributed by atoms with Gasteiger partial charge >= 0.3 is 0 Å². The number of primary amides is 1. The molecule has 2 N–H and O–H groups in total. The molecular formula is C21H21FN4O2. The minimum Gasteiger partial charge on any atom is -0.365 e. The van der Waals surface area contributed by atoms with Gasteiger partial charge in [-0.3, -0.25) is 14.3 Å². The van der Waals surface area contributed by atoms with Crippen LogP contribution >= 0.6 is 0 Å². The summed E-state index contributed by atoms with van der Waals surface area (Å²) in [4.78, 5) is 26.1. The number of benzene rings is 2. The first-order chi connectivity index (χ1) is 13.5. The summed E-state index contributed by atoms with van der Waals surface area (Å²) in [5, 5.41) is 4.39. The third-order valence-corrected chi connectivity index (χ3v) is 4.37. The molecule has 3 rings (SSSR count). The molecule has 3 aromatic rings. The van der Waals surface area contributed by atoms with Crippen molar-refractivity contribution in [3.63, 3.8) is 0 Å². The topological polar surface area (TPSA) is 81.2 Å². The molecule has 0 aliphatic heterocycles. The van der Waals surface area contributed by atoms with E-state index in [2.05, 4.69) is 5.10 Å². The number of amides is 2. The molecule has 0 saturated carbocycles. The third kappa shape index (κ3) is 4.43. The number of nitrogens with zero attached hydrogens (tertiary/aromatic N) is 3. The van der Waals surface area contributed by atoms with Crippen LogP contribution in [-0.4, -0.2) is 33.0 Å². The normalized spacial score (nSPS) is 10.6. The Hall–Kier alpha value is -3.48. The Bertz CT molecular complexity index is 985. The number of likely N-dealkylation sites (N-methyl/N-ethyl adjacent to an activating group) is 1. The largest absolute Gasteiger partial charge is 0.365 e. The highest BCUT2D eigenvalue weighted by Crippen LogP contribution is 2.21. The second kappa shape index (κ2) is 8.47. The maximum Gasteiger partial charge on any atom is 0.252 e. The lowest BCUT2D eigenvalue weighted by Crippen LogP contribution is -2.33. The first kappa shape index (κ1) is 19.3. The SMILES string of the molecule is CCN(Cc1cccc(F)c1)C(=O)Cn1cc(C(N)=O)c(-c2ccccc2)n1. The highest BCUT2D eigenvalue weighted by atomic mass is 19.1. The van der Waals surface area contributed by atoms with Crippen molar-refractivity contribution < 1.29 is 14.0 Å². The summed E-state index contributed by atoms with van der Waals surface area (Å²) in [7, 11) is 0. The highest BCUT2D eigenvalue weighted by molar-refractivity contribution is 5.98. The molecule has 0 spiro atoms. The molecule has 0 unspecified atom stereocenters. The zero-order chi connectivity index (χ0) is 20.1. The number of nitrogens with two attached hydrogens (primary N) is 1. The van der Waals surface area contributed by atoms with E-state index < -0.39 is 5.91 Å². The molecule has 0 aliphatic rings. The van der Waals surface area contributed by atoms with Gasteiger partial charge in [0.15, 0.2) is 0 Å². The first-order valence-corrected chi connectivity index (χ1v) is 8.92. The maximum atomic E-state index is 13.4.